The van der Waals surface area contributed by atoms with Gasteiger partial charge in [0.1, 0.15) is 11.3 Å². The largest absolute Gasteiger partial charge is 0.493 e. The highest BCUT2D eigenvalue weighted by atomic mass is 79.9. The first-order chi connectivity index (χ1) is 12.6. The van der Waals surface area contributed by atoms with Gasteiger partial charge in [-0.2, -0.15) is 9.61 Å². The van der Waals surface area contributed by atoms with Crippen LogP contribution in [0.4, 0.5) is 0 Å². The molecule has 0 spiro atoms. The highest BCUT2D eigenvalue weighted by Gasteiger charge is 2.26. The highest BCUT2D eigenvalue weighted by Crippen LogP contribution is 2.32. The number of carbonyl (C=O) groups is 1. The molecule has 0 radical (unpaired) electrons. The van der Waals surface area contributed by atoms with Crippen molar-refractivity contribution < 1.29 is 14.3 Å². The van der Waals surface area contributed by atoms with Gasteiger partial charge in [-0.15, -0.1) is 0 Å². The molecule has 0 unspecified atom stereocenters. The maximum atomic E-state index is 12.9. The molecular formula is C18H17BrN4O3. The monoisotopic (exact) mass is 416 g/mol. The van der Waals surface area contributed by atoms with Gasteiger partial charge in [-0.05, 0) is 28.9 Å². The average molecular weight is 417 g/mol. The van der Waals surface area contributed by atoms with Crippen molar-refractivity contribution in [3.8, 4) is 11.6 Å². The van der Waals surface area contributed by atoms with Crippen molar-refractivity contribution in [2.45, 2.75) is 19.4 Å². The smallest absolute Gasteiger partial charge is 0.258 e. The number of hydrogen-bond acceptors (Lipinski definition) is 5. The molecule has 1 N–H and O–H groups in total. The number of hydrogen-bond donors (Lipinski definition) is 1. The summed E-state index contributed by atoms with van der Waals surface area (Å²) >= 11 is 3.46. The number of ether oxygens (including phenoxy) is 2. The molecule has 1 amide bonds. The Morgan fingerprint density at radius 2 is 2.23 bits per heavy atom. The number of aryl methyl sites for hydroxylation is 1. The number of rotatable bonds is 3. The summed E-state index contributed by atoms with van der Waals surface area (Å²) in [5.41, 5.74) is 2.68. The van der Waals surface area contributed by atoms with Crippen LogP contribution in [-0.2, 0) is 0 Å². The second kappa shape index (κ2) is 6.60. The predicted octanol–water partition coefficient (Wildman–Crippen LogP) is 3.06. The molecule has 26 heavy (non-hydrogen) atoms. The van der Waals surface area contributed by atoms with Crippen LogP contribution < -0.4 is 14.8 Å². The fourth-order valence-corrected chi connectivity index (χ4v) is 3.47. The van der Waals surface area contributed by atoms with Crippen molar-refractivity contribution in [1.82, 2.24) is 19.9 Å². The fourth-order valence-electron chi connectivity index (χ4n) is 3.12. The van der Waals surface area contributed by atoms with Crippen LogP contribution >= 0.6 is 15.9 Å². The fraction of sp³-hybridized carbons (Fsp3) is 0.278. The van der Waals surface area contributed by atoms with E-state index < -0.39 is 0 Å². The van der Waals surface area contributed by atoms with Crippen LogP contribution in [0.3, 0.4) is 0 Å². The topological polar surface area (TPSA) is 77.8 Å². The number of para-hydroxylation sites is 1. The van der Waals surface area contributed by atoms with E-state index in [0.29, 0.717) is 30.1 Å². The van der Waals surface area contributed by atoms with Crippen molar-refractivity contribution in [2.75, 3.05) is 13.7 Å². The van der Waals surface area contributed by atoms with Gasteiger partial charge in [0.25, 0.3) is 5.91 Å². The third-order valence-corrected chi connectivity index (χ3v) is 5.33. The molecule has 0 saturated carbocycles. The molecule has 8 heteroatoms. The number of carbonyl (C=O) groups excluding carboxylic acids is 1. The SMILES string of the molecule is COc1c(C(=O)N[C@H]2CCOc3ccccc32)cnc2c(Br)c(C)nn12. The van der Waals surface area contributed by atoms with Crippen molar-refractivity contribution in [1.29, 1.82) is 0 Å². The number of benzene rings is 1. The molecule has 1 aliphatic heterocycles. The first-order valence-corrected chi connectivity index (χ1v) is 9.00. The molecule has 1 atom stereocenters. The van der Waals surface area contributed by atoms with Crippen LogP contribution in [0.25, 0.3) is 5.65 Å². The van der Waals surface area contributed by atoms with E-state index in [4.69, 9.17) is 9.47 Å². The number of methoxy groups -OCH3 is 1. The molecule has 4 rings (SSSR count). The Morgan fingerprint density at radius 1 is 1.42 bits per heavy atom. The lowest BCUT2D eigenvalue weighted by Crippen LogP contribution is -2.32. The lowest BCUT2D eigenvalue weighted by molar-refractivity contribution is 0.0920. The summed E-state index contributed by atoms with van der Waals surface area (Å²) in [5.74, 6) is 0.889. The van der Waals surface area contributed by atoms with Crippen LogP contribution in [-0.4, -0.2) is 34.2 Å². The van der Waals surface area contributed by atoms with E-state index in [9.17, 15) is 4.79 Å². The summed E-state index contributed by atoms with van der Waals surface area (Å²) in [6, 6.07) is 7.60. The number of nitrogens with one attached hydrogen (secondary N) is 1. The van der Waals surface area contributed by atoms with E-state index in [1.54, 1.807) is 0 Å². The lowest BCUT2D eigenvalue weighted by atomic mass is 10.0. The van der Waals surface area contributed by atoms with Gasteiger partial charge in [-0.3, -0.25) is 4.79 Å². The normalized spacial score (nSPS) is 16.0. The second-order valence-electron chi connectivity index (χ2n) is 6.02. The summed E-state index contributed by atoms with van der Waals surface area (Å²) in [6.45, 7) is 2.42. The van der Waals surface area contributed by atoms with Crippen LogP contribution in [0, 0.1) is 6.92 Å². The van der Waals surface area contributed by atoms with Crippen molar-refractivity contribution in [3.63, 3.8) is 0 Å². The molecule has 2 aromatic heterocycles. The van der Waals surface area contributed by atoms with E-state index >= 15 is 0 Å². The molecule has 0 aliphatic carbocycles. The zero-order valence-corrected chi connectivity index (χ0v) is 15.9. The van der Waals surface area contributed by atoms with Crippen molar-refractivity contribution in [2.24, 2.45) is 0 Å². The van der Waals surface area contributed by atoms with Gasteiger partial charge in [-0.25, -0.2) is 4.98 Å². The molecular weight excluding hydrogens is 400 g/mol. The van der Waals surface area contributed by atoms with E-state index in [2.05, 4.69) is 31.3 Å². The molecule has 1 aromatic carbocycles. The predicted molar refractivity (Wildman–Crippen MR) is 98.7 cm³/mol. The molecule has 0 fully saturated rings. The second-order valence-corrected chi connectivity index (χ2v) is 6.81. The molecule has 0 saturated heterocycles. The number of aromatic nitrogens is 3. The first-order valence-electron chi connectivity index (χ1n) is 8.20. The molecule has 3 aromatic rings. The Bertz CT molecular complexity index is 1000. The Labute approximate surface area is 158 Å². The maximum absolute atomic E-state index is 12.9. The Kier molecular flexibility index (Phi) is 4.28. The number of halogens is 1. The van der Waals surface area contributed by atoms with Crippen LogP contribution in [0.1, 0.15) is 34.1 Å². The van der Waals surface area contributed by atoms with Gasteiger partial charge in [-0.1, -0.05) is 18.2 Å². The first kappa shape index (κ1) is 16.8. The van der Waals surface area contributed by atoms with Crippen molar-refractivity contribution >= 4 is 27.5 Å². The van der Waals surface area contributed by atoms with E-state index in [-0.39, 0.29) is 11.9 Å². The van der Waals surface area contributed by atoms with Gasteiger partial charge < -0.3 is 14.8 Å². The number of fused-ring (bicyclic) bond motifs is 2. The molecule has 3 heterocycles. The summed E-state index contributed by atoms with van der Waals surface area (Å²) in [6.07, 6.45) is 2.22. The minimum absolute atomic E-state index is 0.126. The van der Waals surface area contributed by atoms with Crippen LogP contribution in [0.15, 0.2) is 34.9 Å². The number of amides is 1. The minimum atomic E-state index is -0.262. The van der Waals surface area contributed by atoms with Gasteiger partial charge >= 0.3 is 0 Å². The third kappa shape index (κ3) is 2.70. The van der Waals surface area contributed by atoms with Gasteiger partial charge in [0, 0.05) is 18.2 Å². The average Bonchev–Trinajstić information content (AvgIpc) is 2.95. The standard InChI is InChI=1S/C18H17BrN4O3/c1-10-15(19)16-20-9-12(18(25-2)23(16)22-10)17(24)21-13-7-8-26-14-6-4-3-5-11(13)14/h3-6,9,13H,7-8H2,1-2H3,(H,21,24)/t13-/m0/s1. The maximum Gasteiger partial charge on any atom is 0.258 e. The van der Waals surface area contributed by atoms with Crippen LogP contribution in [0.2, 0.25) is 0 Å². The Balaban J connectivity index is 1.69. The van der Waals surface area contributed by atoms with E-state index in [1.165, 1.54) is 17.8 Å². The lowest BCUT2D eigenvalue weighted by Gasteiger charge is -2.26. The third-order valence-electron chi connectivity index (χ3n) is 4.41. The molecule has 0 bridgehead atoms. The summed E-state index contributed by atoms with van der Waals surface area (Å²) in [4.78, 5) is 17.3. The Hall–Kier alpha value is -2.61. The van der Waals surface area contributed by atoms with Gasteiger partial charge in [0.15, 0.2) is 5.65 Å². The Morgan fingerprint density at radius 3 is 3.04 bits per heavy atom. The van der Waals surface area contributed by atoms with Crippen LogP contribution in [0.5, 0.6) is 11.6 Å². The summed E-state index contributed by atoms with van der Waals surface area (Å²) in [5, 5.41) is 7.45. The zero-order valence-electron chi connectivity index (χ0n) is 14.3. The van der Waals surface area contributed by atoms with Gasteiger partial charge in [0.2, 0.25) is 5.88 Å². The quantitative estimate of drug-likeness (QED) is 0.709. The van der Waals surface area contributed by atoms with E-state index in [0.717, 1.165) is 21.5 Å². The van der Waals surface area contributed by atoms with Crippen molar-refractivity contribution in [3.05, 3.63) is 51.8 Å². The zero-order chi connectivity index (χ0) is 18.3. The summed E-state index contributed by atoms with van der Waals surface area (Å²) < 4.78 is 13.4. The molecule has 7 nitrogen and oxygen atoms in total. The minimum Gasteiger partial charge on any atom is -0.493 e. The van der Waals surface area contributed by atoms with E-state index in [1.807, 2.05) is 31.2 Å². The van der Waals surface area contributed by atoms with Gasteiger partial charge in [0.05, 0.1) is 29.9 Å². The molecule has 134 valence electrons. The number of nitrogens with zero attached hydrogens (tertiary/aromatic N) is 3. The highest BCUT2D eigenvalue weighted by molar-refractivity contribution is 9.10. The summed E-state index contributed by atoms with van der Waals surface area (Å²) in [7, 11) is 1.51. The molecule has 1 aliphatic rings.